The minimum absolute atomic E-state index is 0.171. The van der Waals surface area contributed by atoms with Crippen LogP contribution in [-0.2, 0) is 18.7 Å². The van der Waals surface area contributed by atoms with E-state index in [1.807, 2.05) is 6.07 Å². The van der Waals surface area contributed by atoms with Gasteiger partial charge in [0.15, 0.2) is 0 Å². The van der Waals surface area contributed by atoms with Gasteiger partial charge in [-0.3, -0.25) is 4.98 Å². The van der Waals surface area contributed by atoms with Crippen molar-refractivity contribution < 1.29 is 48.6 Å². The number of aryl methyl sites for hydroxylation is 1. The van der Waals surface area contributed by atoms with Gasteiger partial charge in [0.1, 0.15) is 46.0 Å². The highest BCUT2D eigenvalue weighted by molar-refractivity contribution is 5.61. The summed E-state index contributed by atoms with van der Waals surface area (Å²) in [5.41, 5.74) is -3.00. The zero-order chi connectivity index (χ0) is 32.2. The molecule has 44 heavy (non-hydrogen) atoms. The summed E-state index contributed by atoms with van der Waals surface area (Å²) in [7, 11) is 0. The van der Waals surface area contributed by atoms with Crippen molar-refractivity contribution >= 4 is 0 Å². The normalized spacial score (nSPS) is 11.7. The van der Waals surface area contributed by atoms with Gasteiger partial charge in [-0.2, -0.15) is 22.0 Å². The van der Waals surface area contributed by atoms with Gasteiger partial charge >= 0.3 is 12.3 Å². The third-order valence-electron chi connectivity index (χ3n) is 6.38. The molecule has 0 aliphatic carbocycles. The number of alkyl halides is 5. The van der Waals surface area contributed by atoms with Crippen molar-refractivity contribution in [2.24, 2.45) is 0 Å². The zero-order valence-electron chi connectivity index (χ0n) is 22.7. The van der Waals surface area contributed by atoms with E-state index in [1.54, 1.807) is 12.3 Å². The van der Waals surface area contributed by atoms with Crippen molar-refractivity contribution in [1.82, 2.24) is 4.98 Å². The Kier molecular flexibility index (Phi) is 9.56. The van der Waals surface area contributed by atoms with Gasteiger partial charge in [0, 0.05) is 29.5 Å². The SMILES string of the molecule is CCCCCc1ccc(-c2ccc(C#Cc3cc(F)c(C(F)(F)Oc4cc(F)c(C(F)(F)F)c(F)c4)c(F)c3)c(F)c2)nc1. The van der Waals surface area contributed by atoms with E-state index in [0.717, 1.165) is 37.3 Å². The van der Waals surface area contributed by atoms with E-state index >= 15 is 0 Å². The number of rotatable bonds is 8. The summed E-state index contributed by atoms with van der Waals surface area (Å²) >= 11 is 0. The maximum atomic E-state index is 14.7. The van der Waals surface area contributed by atoms with Gasteiger partial charge in [0.25, 0.3) is 0 Å². The van der Waals surface area contributed by atoms with Crippen molar-refractivity contribution in [3.8, 4) is 28.8 Å². The first-order valence-electron chi connectivity index (χ1n) is 13.1. The van der Waals surface area contributed by atoms with Gasteiger partial charge in [0.05, 0.1) is 11.3 Å². The average molecular weight is 626 g/mol. The second-order valence-corrected chi connectivity index (χ2v) is 9.65. The number of hydrogen-bond acceptors (Lipinski definition) is 2. The summed E-state index contributed by atoms with van der Waals surface area (Å²) in [6.45, 7) is 2.10. The van der Waals surface area contributed by atoms with E-state index in [0.29, 0.717) is 23.4 Å². The van der Waals surface area contributed by atoms with Gasteiger partial charge in [0.2, 0.25) is 0 Å². The first kappa shape index (κ1) is 32.4. The van der Waals surface area contributed by atoms with Crippen molar-refractivity contribution in [3.05, 3.63) is 118 Å². The number of aromatic nitrogens is 1. The predicted molar refractivity (Wildman–Crippen MR) is 141 cm³/mol. The molecular weight excluding hydrogens is 604 g/mol. The minimum atomic E-state index is -5.48. The first-order chi connectivity index (χ1) is 20.7. The first-order valence-corrected chi connectivity index (χ1v) is 13.1. The Morgan fingerprint density at radius 2 is 1.34 bits per heavy atom. The van der Waals surface area contributed by atoms with Crippen molar-refractivity contribution in [1.29, 1.82) is 0 Å². The fraction of sp³-hybridized carbons (Fsp3) is 0.219. The van der Waals surface area contributed by atoms with Crippen LogP contribution in [0.4, 0.5) is 43.9 Å². The van der Waals surface area contributed by atoms with Gasteiger partial charge in [-0.05, 0) is 48.7 Å². The quantitative estimate of drug-likeness (QED) is 0.111. The Balaban J connectivity index is 1.53. The Hall–Kier alpha value is -4.53. The maximum absolute atomic E-state index is 14.7. The summed E-state index contributed by atoms with van der Waals surface area (Å²) in [4.78, 5) is 4.35. The molecule has 2 nitrogen and oxygen atoms in total. The van der Waals surface area contributed by atoms with Crippen LogP contribution in [-0.4, -0.2) is 4.98 Å². The summed E-state index contributed by atoms with van der Waals surface area (Å²) in [5, 5.41) is 0. The number of halogens is 10. The van der Waals surface area contributed by atoms with E-state index in [1.165, 1.54) is 12.1 Å². The topological polar surface area (TPSA) is 22.1 Å². The lowest BCUT2D eigenvalue weighted by Crippen LogP contribution is -2.25. The largest absolute Gasteiger partial charge is 0.432 e. The van der Waals surface area contributed by atoms with E-state index in [4.69, 9.17) is 0 Å². The average Bonchev–Trinajstić information content (AvgIpc) is 2.91. The van der Waals surface area contributed by atoms with Crippen molar-refractivity contribution in [3.63, 3.8) is 0 Å². The molecule has 4 aromatic rings. The number of unbranched alkanes of at least 4 members (excludes halogenated alkanes) is 2. The molecule has 0 aliphatic heterocycles. The molecule has 0 spiro atoms. The third kappa shape index (κ3) is 7.51. The van der Waals surface area contributed by atoms with Crippen LogP contribution < -0.4 is 4.74 Å². The van der Waals surface area contributed by atoms with Gasteiger partial charge < -0.3 is 4.74 Å². The summed E-state index contributed by atoms with van der Waals surface area (Å²) in [5.74, 6) is -5.97. The predicted octanol–water partition coefficient (Wildman–Crippen LogP) is 9.72. The fourth-order valence-corrected chi connectivity index (χ4v) is 4.24. The standard InChI is InChI=1S/C32H21F10NO/c1-2-3-4-5-18-7-11-28(43-17-18)21-10-9-20(23(33)14-21)8-6-19-12-24(34)30(25(35)13-19)32(41,42)44-22-15-26(36)29(27(37)16-22)31(38,39)40/h7,9-17H,2-5H2,1H3. The molecule has 4 rings (SSSR count). The fourth-order valence-electron chi connectivity index (χ4n) is 4.24. The van der Waals surface area contributed by atoms with Crippen LogP contribution in [0, 0.1) is 40.9 Å². The van der Waals surface area contributed by atoms with Crippen LogP contribution >= 0.6 is 0 Å². The molecule has 0 aliphatic rings. The minimum Gasteiger partial charge on any atom is -0.429 e. The van der Waals surface area contributed by atoms with Crippen LogP contribution in [0.2, 0.25) is 0 Å². The Bertz CT molecular complexity index is 1670. The molecule has 3 aromatic carbocycles. The van der Waals surface area contributed by atoms with Gasteiger partial charge in [-0.1, -0.05) is 43.7 Å². The number of benzene rings is 3. The molecule has 0 atom stereocenters. The highest BCUT2D eigenvalue weighted by atomic mass is 19.4. The number of ether oxygens (including phenoxy) is 1. The van der Waals surface area contributed by atoms with Crippen LogP contribution in [0.15, 0.2) is 60.8 Å². The molecule has 0 N–H and O–H groups in total. The lowest BCUT2D eigenvalue weighted by atomic mass is 10.0. The van der Waals surface area contributed by atoms with E-state index in [-0.39, 0.29) is 17.7 Å². The summed E-state index contributed by atoms with van der Waals surface area (Å²) in [6, 6.07) is 8.01. The van der Waals surface area contributed by atoms with E-state index < -0.39 is 63.8 Å². The monoisotopic (exact) mass is 625 g/mol. The molecule has 1 aromatic heterocycles. The highest BCUT2D eigenvalue weighted by Crippen LogP contribution is 2.39. The van der Waals surface area contributed by atoms with Gasteiger partial charge in [-0.25, -0.2) is 22.0 Å². The highest BCUT2D eigenvalue weighted by Gasteiger charge is 2.43. The molecule has 230 valence electrons. The number of nitrogens with zero attached hydrogens (tertiary/aromatic N) is 1. The second-order valence-electron chi connectivity index (χ2n) is 9.65. The molecule has 0 unspecified atom stereocenters. The van der Waals surface area contributed by atoms with Crippen LogP contribution in [0.3, 0.4) is 0 Å². The summed E-state index contributed by atoms with van der Waals surface area (Å²) < 4.78 is 143. The van der Waals surface area contributed by atoms with Crippen molar-refractivity contribution in [2.45, 2.75) is 44.9 Å². The molecular formula is C32H21F10NO. The van der Waals surface area contributed by atoms with Crippen LogP contribution in [0.5, 0.6) is 5.75 Å². The lowest BCUT2D eigenvalue weighted by Gasteiger charge is -2.20. The Morgan fingerprint density at radius 3 is 1.89 bits per heavy atom. The molecule has 0 radical (unpaired) electrons. The molecule has 0 saturated carbocycles. The molecule has 12 heteroatoms. The second kappa shape index (κ2) is 13.0. The molecule has 1 heterocycles. The Morgan fingerprint density at radius 1 is 0.705 bits per heavy atom. The molecule has 0 saturated heterocycles. The smallest absolute Gasteiger partial charge is 0.429 e. The van der Waals surface area contributed by atoms with Crippen LogP contribution in [0.25, 0.3) is 11.3 Å². The number of hydrogen-bond donors (Lipinski definition) is 0. The van der Waals surface area contributed by atoms with Gasteiger partial charge in [-0.15, -0.1) is 0 Å². The maximum Gasteiger partial charge on any atom is 0.432 e. The molecule has 0 amide bonds. The molecule has 0 bridgehead atoms. The number of pyridine rings is 1. The summed E-state index contributed by atoms with van der Waals surface area (Å²) in [6.07, 6.45) is -4.61. The lowest BCUT2D eigenvalue weighted by molar-refractivity contribution is -0.189. The van der Waals surface area contributed by atoms with Crippen molar-refractivity contribution in [2.75, 3.05) is 0 Å². The third-order valence-corrected chi connectivity index (χ3v) is 6.38. The van der Waals surface area contributed by atoms with E-state index in [9.17, 15) is 43.9 Å². The zero-order valence-corrected chi connectivity index (χ0v) is 22.7. The molecule has 0 fully saturated rings. The van der Waals surface area contributed by atoms with Crippen LogP contribution in [0.1, 0.15) is 54.0 Å². The van der Waals surface area contributed by atoms with E-state index in [2.05, 4.69) is 28.5 Å². The Labute approximate surface area is 245 Å².